The summed E-state index contributed by atoms with van der Waals surface area (Å²) in [5.74, 6) is -0.156. The van der Waals surface area contributed by atoms with Crippen LogP contribution in [0.15, 0.2) is 53.4 Å². The van der Waals surface area contributed by atoms with Crippen LogP contribution in [0, 0.1) is 0 Å². The molecule has 7 nitrogen and oxygen atoms in total. The second kappa shape index (κ2) is 9.59. The maximum Gasteiger partial charge on any atom is 0.241 e. The summed E-state index contributed by atoms with van der Waals surface area (Å²) >= 11 is 0. The molecule has 3 N–H and O–H groups in total. The number of nitrogens with two attached hydrogens (primary N) is 1. The van der Waals surface area contributed by atoms with E-state index in [0.29, 0.717) is 12.2 Å². The number of hydrogen-bond donors (Lipinski definition) is 2. The molecule has 1 saturated heterocycles. The lowest BCUT2D eigenvalue weighted by Gasteiger charge is -2.32. The number of likely N-dealkylation sites (N-methyl/N-ethyl adjacent to an activating group) is 1. The first-order valence-corrected chi connectivity index (χ1v) is 11.8. The fraction of sp³-hybridized carbons (Fsp3) is 0.409. The largest absolute Gasteiger partial charge is 0.371 e. The quantitative estimate of drug-likeness (QED) is 0.704. The summed E-state index contributed by atoms with van der Waals surface area (Å²) in [6.07, 6.45) is 3.72. The van der Waals surface area contributed by atoms with E-state index in [2.05, 4.69) is 28.4 Å². The molecule has 1 fully saturated rings. The van der Waals surface area contributed by atoms with Gasteiger partial charge in [0.1, 0.15) is 0 Å². The van der Waals surface area contributed by atoms with Crippen molar-refractivity contribution in [3.05, 3.63) is 54.1 Å². The van der Waals surface area contributed by atoms with Crippen LogP contribution in [0.5, 0.6) is 0 Å². The first-order chi connectivity index (χ1) is 14.3. The zero-order valence-electron chi connectivity index (χ0n) is 17.5. The van der Waals surface area contributed by atoms with E-state index < -0.39 is 10.0 Å². The highest BCUT2D eigenvalue weighted by atomic mass is 32.2. The number of nitrogens with one attached hydrogen (secondary N) is 1. The van der Waals surface area contributed by atoms with Crippen LogP contribution in [0.3, 0.4) is 0 Å². The van der Waals surface area contributed by atoms with E-state index in [9.17, 15) is 13.2 Å². The van der Waals surface area contributed by atoms with E-state index in [1.807, 2.05) is 24.9 Å². The molecule has 0 aromatic heterocycles. The van der Waals surface area contributed by atoms with Gasteiger partial charge in [-0.15, -0.1) is 0 Å². The first kappa shape index (κ1) is 22.3. The molecule has 30 heavy (non-hydrogen) atoms. The summed E-state index contributed by atoms with van der Waals surface area (Å²) < 4.78 is 22.7. The van der Waals surface area contributed by atoms with Gasteiger partial charge >= 0.3 is 0 Å². The average Bonchev–Trinajstić information content (AvgIpc) is 2.74. The predicted molar refractivity (Wildman–Crippen MR) is 120 cm³/mol. The van der Waals surface area contributed by atoms with Crippen molar-refractivity contribution in [2.45, 2.75) is 43.7 Å². The number of primary sulfonamides is 1. The number of carbonyl (C=O) groups excluding carboxylic acids is 1. The Morgan fingerprint density at radius 1 is 1.10 bits per heavy atom. The SMILES string of the molecule is C[C@H](C(=O)Nc1ccc(S(N)(=O)=O)cc1)N(C)Cc1ccccc1N1CCCCC1. The zero-order valence-corrected chi connectivity index (χ0v) is 18.4. The van der Waals surface area contributed by atoms with Gasteiger partial charge in [-0.1, -0.05) is 18.2 Å². The van der Waals surface area contributed by atoms with Crippen molar-refractivity contribution in [3.63, 3.8) is 0 Å². The van der Waals surface area contributed by atoms with Crippen molar-refractivity contribution in [1.29, 1.82) is 0 Å². The van der Waals surface area contributed by atoms with Crippen LogP contribution in [0.25, 0.3) is 0 Å². The molecule has 0 spiro atoms. The van der Waals surface area contributed by atoms with Gasteiger partial charge in [0.2, 0.25) is 15.9 Å². The lowest BCUT2D eigenvalue weighted by Crippen LogP contribution is -2.39. The summed E-state index contributed by atoms with van der Waals surface area (Å²) in [7, 11) is -1.82. The maximum absolute atomic E-state index is 12.7. The molecule has 0 aliphatic carbocycles. The molecule has 2 aromatic carbocycles. The Hall–Kier alpha value is -2.42. The lowest BCUT2D eigenvalue weighted by molar-refractivity contribution is -0.120. The highest BCUT2D eigenvalue weighted by molar-refractivity contribution is 7.89. The van der Waals surface area contributed by atoms with Gasteiger partial charge in [0.25, 0.3) is 0 Å². The van der Waals surface area contributed by atoms with Crippen LogP contribution >= 0.6 is 0 Å². The molecule has 1 aliphatic heterocycles. The molecule has 0 saturated carbocycles. The third-order valence-electron chi connectivity index (χ3n) is 5.60. The molecular weight excluding hydrogens is 400 g/mol. The number of hydrogen-bond acceptors (Lipinski definition) is 5. The molecule has 1 aliphatic rings. The van der Waals surface area contributed by atoms with Crippen LogP contribution in [0.1, 0.15) is 31.7 Å². The molecule has 1 heterocycles. The summed E-state index contributed by atoms with van der Waals surface area (Å²) in [6, 6.07) is 13.9. The molecule has 162 valence electrons. The minimum Gasteiger partial charge on any atom is -0.371 e. The Balaban J connectivity index is 1.64. The third-order valence-corrected chi connectivity index (χ3v) is 6.53. The molecule has 8 heteroatoms. The van der Waals surface area contributed by atoms with Gasteiger partial charge < -0.3 is 10.2 Å². The van der Waals surface area contributed by atoms with E-state index in [4.69, 9.17) is 5.14 Å². The lowest BCUT2D eigenvalue weighted by atomic mass is 10.1. The molecule has 0 radical (unpaired) electrons. The minimum atomic E-state index is -3.75. The smallest absolute Gasteiger partial charge is 0.241 e. The van der Waals surface area contributed by atoms with E-state index >= 15 is 0 Å². The normalized spacial score (nSPS) is 15.8. The zero-order chi connectivity index (χ0) is 21.7. The molecule has 0 unspecified atom stereocenters. The number of para-hydroxylation sites is 1. The Labute approximate surface area is 178 Å². The van der Waals surface area contributed by atoms with Crippen molar-refractivity contribution in [3.8, 4) is 0 Å². The van der Waals surface area contributed by atoms with Crippen molar-refractivity contribution < 1.29 is 13.2 Å². The van der Waals surface area contributed by atoms with E-state index in [1.165, 1.54) is 54.8 Å². The predicted octanol–water partition coefficient (Wildman–Crippen LogP) is 2.78. The van der Waals surface area contributed by atoms with Crippen LogP contribution in [0.4, 0.5) is 11.4 Å². The summed E-state index contributed by atoms with van der Waals surface area (Å²) in [5, 5.41) is 7.95. The van der Waals surface area contributed by atoms with Crippen molar-refractivity contribution in [2.24, 2.45) is 5.14 Å². The molecule has 0 bridgehead atoms. The molecule has 3 rings (SSSR count). The van der Waals surface area contributed by atoms with Gasteiger partial charge in [-0.05, 0) is 69.1 Å². The second-order valence-corrected chi connectivity index (χ2v) is 9.39. The minimum absolute atomic E-state index is 0.0139. The number of amides is 1. The highest BCUT2D eigenvalue weighted by Crippen LogP contribution is 2.25. The fourth-order valence-corrected chi connectivity index (χ4v) is 4.18. The van der Waals surface area contributed by atoms with Gasteiger partial charge in [0, 0.05) is 31.0 Å². The molecule has 1 atom stereocenters. The number of piperidine rings is 1. The summed E-state index contributed by atoms with van der Waals surface area (Å²) in [4.78, 5) is 17.2. The van der Waals surface area contributed by atoms with Gasteiger partial charge in [0.15, 0.2) is 0 Å². The Morgan fingerprint density at radius 2 is 1.73 bits per heavy atom. The number of anilines is 2. The van der Waals surface area contributed by atoms with Crippen LogP contribution in [0.2, 0.25) is 0 Å². The second-order valence-electron chi connectivity index (χ2n) is 7.83. The number of benzene rings is 2. The fourth-order valence-electron chi connectivity index (χ4n) is 3.67. The Morgan fingerprint density at radius 3 is 2.37 bits per heavy atom. The molecular formula is C22H30N4O3S. The number of sulfonamides is 1. The van der Waals surface area contributed by atoms with Gasteiger partial charge in [-0.25, -0.2) is 13.6 Å². The van der Waals surface area contributed by atoms with Gasteiger partial charge in [0.05, 0.1) is 10.9 Å². The van der Waals surface area contributed by atoms with Crippen molar-refractivity contribution in [1.82, 2.24) is 4.90 Å². The highest BCUT2D eigenvalue weighted by Gasteiger charge is 2.21. The third kappa shape index (κ3) is 5.59. The monoisotopic (exact) mass is 430 g/mol. The van der Waals surface area contributed by atoms with E-state index in [0.717, 1.165) is 13.1 Å². The van der Waals surface area contributed by atoms with Crippen molar-refractivity contribution >= 4 is 27.3 Å². The Kier molecular flexibility index (Phi) is 7.12. The number of carbonyl (C=O) groups is 1. The summed E-state index contributed by atoms with van der Waals surface area (Å²) in [6.45, 7) is 4.67. The average molecular weight is 431 g/mol. The van der Waals surface area contributed by atoms with Crippen molar-refractivity contribution in [2.75, 3.05) is 30.4 Å². The maximum atomic E-state index is 12.7. The van der Waals surface area contributed by atoms with Crippen LogP contribution in [-0.2, 0) is 21.4 Å². The molecule has 2 aromatic rings. The molecule has 1 amide bonds. The number of rotatable bonds is 7. The van der Waals surface area contributed by atoms with Crippen LogP contribution in [-0.4, -0.2) is 45.4 Å². The number of nitrogens with zero attached hydrogens (tertiary/aromatic N) is 2. The topological polar surface area (TPSA) is 95.7 Å². The van der Waals surface area contributed by atoms with E-state index in [-0.39, 0.29) is 16.8 Å². The van der Waals surface area contributed by atoms with Gasteiger partial charge in [-0.3, -0.25) is 9.69 Å². The Bertz CT molecular complexity index is 970. The van der Waals surface area contributed by atoms with Crippen LogP contribution < -0.4 is 15.4 Å². The first-order valence-electron chi connectivity index (χ1n) is 10.2. The standard InChI is InChI=1S/C22H30N4O3S/c1-17(22(27)24-19-10-12-20(13-11-19)30(23,28)29)25(2)16-18-8-4-5-9-21(18)26-14-6-3-7-15-26/h4-5,8-13,17H,3,6-7,14-16H2,1-2H3,(H,24,27)(H2,23,28,29)/t17-/m1/s1. The van der Waals surface area contributed by atoms with E-state index in [1.54, 1.807) is 0 Å². The van der Waals surface area contributed by atoms with Gasteiger partial charge in [-0.2, -0.15) is 0 Å². The summed E-state index contributed by atoms with van der Waals surface area (Å²) in [5.41, 5.74) is 2.98.